The summed E-state index contributed by atoms with van der Waals surface area (Å²) < 4.78 is 5.45. The van der Waals surface area contributed by atoms with Crippen molar-refractivity contribution >= 4 is 17.4 Å². The van der Waals surface area contributed by atoms with Crippen LogP contribution < -0.4 is 15.4 Å². The number of rotatable bonds is 1. The third-order valence-electron chi connectivity index (χ3n) is 2.61. The van der Waals surface area contributed by atoms with E-state index in [4.69, 9.17) is 15.9 Å². The fraction of sp³-hybridized carbons (Fsp3) is 0.273. The Labute approximate surface area is 93.3 Å². The van der Waals surface area contributed by atoms with Crippen LogP contribution in [0.25, 0.3) is 0 Å². The van der Waals surface area contributed by atoms with Gasteiger partial charge < -0.3 is 15.4 Å². The van der Waals surface area contributed by atoms with Crippen LogP contribution >= 0.6 is 0 Å². The molecule has 1 amide bonds. The molecular formula is C11H13N3O2. The summed E-state index contributed by atoms with van der Waals surface area (Å²) in [5, 5.41) is 7.34. The molecule has 1 heterocycles. The van der Waals surface area contributed by atoms with Gasteiger partial charge in [-0.2, -0.15) is 0 Å². The van der Waals surface area contributed by atoms with E-state index in [1.54, 1.807) is 32.2 Å². The Hall–Kier alpha value is -2.04. The topological polar surface area (TPSA) is 79.4 Å². The molecule has 0 aliphatic carbocycles. The number of ether oxygens (including phenoxy) is 1. The lowest BCUT2D eigenvalue weighted by molar-refractivity contribution is -0.125. The molecule has 0 fully saturated rings. The molecule has 0 spiro atoms. The number of anilines is 1. The first-order valence-electron chi connectivity index (χ1n) is 4.93. The minimum atomic E-state index is -0.472. The van der Waals surface area contributed by atoms with Gasteiger partial charge in [0.25, 0.3) is 5.91 Å². The monoisotopic (exact) mass is 219 g/mol. The highest BCUT2D eigenvalue weighted by atomic mass is 16.5. The molecule has 1 aromatic carbocycles. The highest BCUT2D eigenvalue weighted by Crippen LogP contribution is 2.33. The van der Waals surface area contributed by atoms with Gasteiger partial charge in [0, 0.05) is 12.6 Å². The lowest BCUT2D eigenvalue weighted by Gasteiger charge is -2.30. The number of benzene rings is 1. The molecule has 1 aliphatic heterocycles. The van der Waals surface area contributed by atoms with Crippen molar-refractivity contribution < 1.29 is 9.53 Å². The standard InChI is InChI=1S/C11H13N3O2/c1-6-11(15)14(2)8-5-7(10(12)13)3-4-9(8)16-6/h3-6H,1-2H3,(H3,12,13). The number of amidine groups is 1. The van der Waals surface area contributed by atoms with Gasteiger partial charge in [-0.15, -0.1) is 0 Å². The second-order valence-electron chi connectivity index (χ2n) is 3.75. The number of amides is 1. The van der Waals surface area contributed by atoms with E-state index in [1.807, 2.05) is 0 Å². The Morgan fingerprint density at radius 1 is 1.56 bits per heavy atom. The first-order valence-corrected chi connectivity index (χ1v) is 4.93. The lowest BCUT2D eigenvalue weighted by Crippen LogP contribution is -2.42. The smallest absolute Gasteiger partial charge is 0.267 e. The Morgan fingerprint density at radius 3 is 2.88 bits per heavy atom. The van der Waals surface area contributed by atoms with Gasteiger partial charge in [-0.25, -0.2) is 0 Å². The summed E-state index contributed by atoms with van der Waals surface area (Å²) in [5.74, 6) is 0.509. The first kappa shape index (κ1) is 10.5. The third-order valence-corrected chi connectivity index (χ3v) is 2.61. The zero-order valence-electron chi connectivity index (χ0n) is 9.15. The van der Waals surface area contributed by atoms with Crippen molar-refractivity contribution in [1.29, 1.82) is 5.41 Å². The van der Waals surface area contributed by atoms with E-state index in [2.05, 4.69) is 0 Å². The van der Waals surface area contributed by atoms with E-state index in [0.717, 1.165) is 0 Å². The van der Waals surface area contributed by atoms with Crippen LogP contribution in [0.5, 0.6) is 5.75 Å². The van der Waals surface area contributed by atoms with Gasteiger partial charge in [-0.1, -0.05) is 0 Å². The van der Waals surface area contributed by atoms with Gasteiger partial charge in [0.2, 0.25) is 0 Å². The summed E-state index contributed by atoms with van der Waals surface area (Å²) in [7, 11) is 1.68. The summed E-state index contributed by atoms with van der Waals surface area (Å²) in [4.78, 5) is 13.2. The second-order valence-corrected chi connectivity index (χ2v) is 3.75. The minimum absolute atomic E-state index is 0.0257. The molecule has 0 aromatic heterocycles. The molecule has 1 atom stereocenters. The number of nitrogens with two attached hydrogens (primary N) is 1. The van der Waals surface area contributed by atoms with E-state index >= 15 is 0 Å². The maximum absolute atomic E-state index is 11.7. The first-order chi connectivity index (χ1) is 7.50. The number of nitrogens with one attached hydrogen (secondary N) is 1. The van der Waals surface area contributed by atoms with Gasteiger partial charge in [-0.05, 0) is 25.1 Å². The predicted molar refractivity (Wildman–Crippen MR) is 61.0 cm³/mol. The highest BCUT2D eigenvalue weighted by molar-refractivity contribution is 6.02. The van der Waals surface area contributed by atoms with Crippen LogP contribution in [0.15, 0.2) is 18.2 Å². The van der Waals surface area contributed by atoms with E-state index in [0.29, 0.717) is 17.0 Å². The van der Waals surface area contributed by atoms with Crippen LogP contribution in [-0.4, -0.2) is 24.9 Å². The molecule has 1 aliphatic rings. The molecule has 0 saturated carbocycles. The maximum atomic E-state index is 11.7. The third kappa shape index (κ3) is 1.50. The van der Waals surface area contributed by atoms with Gasteiger partial charge >= 0.3 is 0 Å². The fourth-order valence-electron chi connectivity index (χ4n) is 1.68. The molecule has 2 rings (SSSR count). The Balaban J connectivity index is 2.50. The molecular weight excluding hydrogens is 206 g/mol. The van der Waals surface area contributed by atoms with Crippen molar-refractivity contribution in [1.82, 2.24) is 0 Å². The molecule has 5 heteroatoms. The quantitative estimate of drug-likeness (QED) is 0.539. The predicted octanol–water partition coefficient (Wildman–Crippen LogP) is 0.714. The Bertz CT molecular complexity index is 470. The summed E-state index contributed by atoms with van der Waals surface area (Å²) in [6, 6.07) is 5.12. The average Bonchev–Trinajstić information content (AvgIpc) is 2.25. The van der Waals surface area contributed by atoms with Gasteiger partial charge in [0.15, 0.2) is 6.10 Å². The largest absolute Gasteiger partial charge is 0.479 e. The van der Waals surface area contributed by atoms with Gasteiger partial charge in [-0.3, -0.25) is 10.2 Å². The van der Waals surface area contributed by atoms with E-state index in [-0.39, 0.29) is 11.7 Å². The minimum Gasteiger partial charge on any atom is -0.479 e. The number of hydrogen-bond acceptors (Lipinski definition) is 3. The fourth-order valence-corrected chi connectivity index (χ4v) is 1.68. The van der Waals surface area contributed by atoms with Crippen molar-refractivity contribution in [2.75, 3.05) is 11.9 Å². The molecule has 1 aromatic rings. The SMILES string of the molecule is CC1Oc2ccc(C(=N)N)cc2N(C)C1=O. The van der Waals surface area contributed by atoms with Crippen LogP contribution in [0.2, 0.25) is 0 Å². The van der Waals surface area contributed by atoms with Crippen molar-refractivity contribution in [3.63, 3.8) is 0 Å². The van der Waals surface area contributed by atoms with Gasteiger partial charge in [0.1, 0.15) is 11.6 Å². The molecule has 1 unspecified atom stereocenters. The molecule has 0 bridgehead atoms. The molecule has 5 nitrogen and oxygen atoms in total. The van der Waals surface area contributed by atoms with Crippen LogP contribution in [-0.2, 0) is 4.79 Å². The normalized spacial score (nSPS) is 19.0. The highest BCUT2D eigenvalue weighted by Gasteiger charge is 2.28. The molecule has 3 N–H and O–H groups in total. The van der Waals surface area contributed by atoms with Crippen LogP contribution in [0.4, 0.5) is 5.69 Å². The lowest BCUT2D eigenvalue weighted by atomic mass is 10.1. The molecule has 84 valence electrons. The zero-order valence-corrected chi connectivity index (χ0v) is 9.15. The van der Waals surface area contributed by atoms with Crippen molar-refractivity contribution in [2.45, 2.75) is 13.0 Å². The molecule has 0 saturated heterocycles. The van der Waals surface area contributed by atoms with Crippen LogP contribution in [0.1, 0.15) is 12.5 Å². The number of hydrogen-bond donors (Lipinski definition) is 2. The number of carbonyl (C=O) groups excluding carboxylic acids is 1. The van der Waals surface area contributed by atoms with E-state index < -0.39 is 6.10 Å². The van der Waals surface area contributed by atoms with E-state index in [9.17, 15) is 4.79 Å². The summed E-state index contributed by atoms with van der Waals surface area (Å²) >= 11 is 0. The van der Waals surface area contributed by atoms with Gasteiger partial charge in [0.05, 0.1) is 5.69 Å². The number of fused-ring (bicyclic) bond motifs is 1. The molecule has 16 heavy (non-hydrogen) atoms. The summed E-state index contributed by atoms with van der Waals surface area (Å²) in [6.45, 7) is 1.71. The Morgan fingerprint density at radius 2 is 2.25 bits per heavy atom. The van der Waals surface area contributed by atoms with Crippen LogP contribution in [0.3, 0.4) is 0 Å². The van der Waals surface area contributed by atoms with Crippen molar-refractivity contribution in [3.05, 3.63) is 23.8 Å². The maximum Gasteiger partial charge on any atom is 0.267 e. The van der Waals surface area contributed by atoms with Crippen molar-refractivity contribution in [3.8, 4) is 5.75 Å². The summed E-state index contributed by atoms with van der Waals surface area (Å²) in [5.41, 5.74) is 6.62. The number of nitrogen functional groups attached to an aromatic ring is 1. The Kier molecular flexibility index (Phi) is 2.30. The van der Waals surface area contributed by atoms with Crippen molar-refractivity contribution in [2.24, 2.45) is 5.73 Å². The molecule has 0 radical (unpaired) electrons. The van der Waals surface area contributed by atoms with E-state index in [1.165, 1.54) is 4.90 Å². The number of likely N-dealkylation sites (N-methyl/N-ethyl adjacent to an activating group) is 1. The second kappa shape index (κ2) is 3.52. The zero-order chi connectivity index (χ0) is 11.9. The average molecular weight is 219 g/mol. The summed E-state index contributed by atoms with van der Waals surface area (Å²) in [6.07, 6.45) is -0.472. The number of carbonyl (C=O) groups is 1. The van der Waals surface area contributed by atoms with Crippen LogP contribution in [0, 0.1) is 5.41 Å². The number of nitrogens with zero attached hydrogens (tertiary/aromatic N) is 1.